The average Bonchev–Trinajstić information content (AvgIpc) is 2.33. The summed E-state index contributed by atoms with van der Waals surface area (Å²) in [5, 5.41) is 2.41. The Morgan fingerprint density at radius 3 is 2.53 bits per heavy atom. The summed E-state index contributed by atoms with van der Waals surface area (Å²) in [5.41, 5.74) is 0.790. The number of nitrogens with zero attached hydrogens (tertiary/aromatic N) is 1. The lowest BCUT2D eigenvalue weighted by Crippen LogP contribution is -2.65. The Morgan fingerprint density at radius 2 is 2.00 bits per heavy atom. The van der Waals surface area contributed by atoms with Crippen molar-refractivity contribution >= 4 is 22.1 Å². The maximum absolute atomic E-state index is 11.6. The Kier molecular flexibility index (Phi) is 3.54. The van der Waals surface area contributed by atoms with Gasteiger partial charge in [-0.2, -0.15) is 8.42 Å². The van der Waals surface area contributed by atoms with Crippen LogP contribution in [0.15, 0.2) is 30.3 Å². The second-order valence-electron chi connectivity index (χ2n) is 4.13. The lowest BCUT2D eigenvalue weighted by Gasteiger charge is -2.35. The van der Waals surface area contributed by atoms with Crippen molar-refractivity contribution in [3.8, 4) is 0 Å². The molecule has 0 saturated carbocycles. The highest BCUT2D eigenvalue weighted by molar-refractivity contribution is 7.84. The van der Waals surface area contributed by atoms with E-state index in [0.29, 0.717) is 4.31 Å². The molecular weight excluding hydrogens is 272 g/mol. The molecule has 7 nitrogen and oxygen atoms in total. The van der Waals surface area contributed by atoms with Crippen LogP contribution < -0.4 is 5.32 Å². The maximum atomic E-state index is 11.6. The van der Waals surface area contributed by atoms with Crippen molar-refractivity contribution in [2.45, 2.75) is 12.5 Å². The van der Waals surface area contributed by atoms with E-state index in [0.717, 1.165) is 5.56 Å². The van der Waals surface area contributed by atoms with Crippen molar-refractivity contribution in [1.82, 2.24) is 9.62 Å². The van der Waals surface area contributed by atoms with Crippen LogP contribution in [-0.2, 0) is 26.3 Å². The third-order valence-electron chi connectivity index (χ3n) is 2.71. The molecule has 19 heavy (non-hydrogen) atoms. The van der Waals surface area contributed by atoms with Crippen LogP contribution in [-0.4, -0.2) is 41.7 Å². The number of hydrogen-bond donors (Lipinski definition) is 2. The van der Waals surface area contributed by atoms with Crippen molar-refractivity contribution in [3.05, 3.63) is 35.9 Å². The van der Waals surface area contributed by atoms with Crippen molar-refractivity contribution in [3.63, 3.8) is 0 Å². The van der Waals surface area contributed by atoms with Gasteiger partial charge in [0.1, 0.15) is 6.04 Å². The van der Waals surface area contributed by atoms with Crippen molar-refractivity contribution in [1.29, 1.82) is 0 Å². The van der Waals surface area contributed by atoms with Gasteiger partial charge in [0.15, 0.2) is 0 Å². The van der Waals surface area contributed by atoms with Crippen LogP contribution in [0.2, 0.25) is 0 Å². The van der Waals surface area contributed by atoms with Gasteiger partial charge in [0, 0.05) is 0 Å². The van der Waals surface area contributed by atoms with E-state index in [2.05, 4.69) is 5.32 Å². The van der Waals surface area contributed by atoms with E-state index in [1.54, 1.807) is 24.3 Å². The SMILES string of the molecule is O=C(Cc1ccccc1)N[C@H]1CN(S(=O)(=O)O)C1=O. The number of carbonyl (C=O) groups is 2. The minimum absolute atomic E-state index is 0.108. The van der Waals surface area contributed by atoms with E-state index in [1.807, 2.05) is 6.07 Å². The normalized spacial score (nSPS) is 18.9. The number of β-lactam (4-membered cyclic amide) rings is 1. The highest BCUT2D eigenvalue weighted by Crippen LogP contribution is 2.14. The zero-order chi connectivity index (χ0) is 14.0. The van der Waals surface area contributed by atoms with Gasteiger partial charge in [0.05, 0.1) is 13.0 Å². The van der Waals surface area contributed by atoms with Gasteiger partial charge in [-0.3, -0.25) is 14.1 Å². The van der Waals surface area contributed by atoms with Crippen LogP contribution >= 0.6 is 0 Å². The Labute approximate surface area is 110 Å². The predicted molar refractivity (Wildman–Crippen MR) is 65.3 cm³/mol. The van der Waals surface area contributed by atoms with Crippen LogP contribution in [0.3, 0.4) is 0 Å². The molecule has 1 aliphatic rings. The number of rotatable bonds is 4. The molecule has 1 aromatic carbocycles. The lowest BCUT2D eigenvalue weighted by molar-refractivity contribution is -0.140. The summed E-state index contributed by atoms with van der Waals surface area (Å²) in [5.74, 6) is -1.21. The van der Waals surface area contributed by atoms with E-state index in [9.17, 15) is 18.0 Å². The molecule has 2 N–H and O–H groups in total. The molecule has 8 heteroatoms. The van der Waals surface area contributed by atoms with Crippen LogP contribution in [0.5, 0.6) is 0 Å². The summed E-state index contributed by atoms with van der Waals surface area (Å²) in [6.45, 7) is -0.238. The molecule has 0 aliphatic carbocycles. The van der Waals surface area contributed by atoms with E-state index >= 15 is 0 Å². The first-order valence-electron chi connectivity index (χ1n) is 5.50. The number of carbonyl (C=O) groups excluding carboxylic acids is 2. The molecule has 1 heterocycles. The topological polar surface area (TPSA) is 104 Å². The summed E-state index contributed by atoms with van der Waals surface area (Å²) in [7, 11) is -4.51. The van der Waals surface area contributed by atoms with Gasteiger partial charge in [-0.1, -0.05) is 30.3 Å². The summed E-state index contributed by atoms with van der Waals surface area (Å²) in [6.07, 6.45) is 0.108. The van der Waals surface area contributed by atoms with Gasteiger partial charge in [-0.25, -0.2) is 4.31 Å². The third kappa shape index (κ3) is 3.09. The number of nitrogens with one attached hydrogen (secondary N) is 1. The van der Waals surface area contributed by atoms with Crippen molar-refractivity contribution in [2.24, 2.45) is 0 Å². The highest BCUT2D eigenvalue weighted by Gasteiger charge is 2.44. The lowest BCUT2D eigenvalue weighted by atomic mass is 10.1. The Bertz CT molecular complexity index is 599. The molecule has 1 saturated heterocycles. The fourth-order valence-corrected chi connectivity index (χ4v) is 2.43. The molecule has 0 bridgehead atoms. The van der Waals surface area contributed by atoms with Crippen LogP contribution in [0.1, 0.15) is 5.56 Å². The van der Waals surface area contributed by atoms with Gasteiger partial charge in [0.2, 0.25) is 5.91 Å². The minimum Gasteiger partial charge on any atom is -0.342 e. The van der Waals surface area contributed by atoms with E-state index in [1.165, 1.54) is 0 Å². The second-order valence-corrected chi connectivity index (χ2v) is 5.47. The third-order valence-corrected chi connectivity index (χ3v) is 3.60. The Balaban J connectivity index is 1.87. The summed E-state index contributed by atoms with van der Waals surface area (Å²) < 4.78 is 30.4. The fraction of sp³-hybridized carbons (Fsp3) is 0.273. The van der Waals surface area contributed by atoms with E-state index in [4.69, 9.17) is 4.55 Å². The van der Waals surface area contributed by atoms with Gasteiger partial charge in [0.25, 0.3) is 5.91 Å². The monoisotopic (exact) mass is 284 g/mol. The molecule has 0 unspecified atom stereocenters. The number of amides is 2. The predicted octanol–water partition coefficient (Wildman–Crippen LogP) is -0.641. The molecule has 1 fully saturated rings. The highest BCUT2D eigenvalue weighted by atomic mass is 32.2. The molecule has 0 spiro atoms. The molecule has 1 aliphatic heterocycles. The largest absolute Gasteiger partial charge is 0.362 e. The van der Waals surface area contributed by atoms with Crippen LogP contribution in [0.4, 0.5) is 0 Å². The molecule has 1 aromatic rings. The van der Waals surface area contributed by atoms with Gasteiger partial charge >= 0.3 is 10.3 Å². The summed E-state index contributed by atoms with van der Waals surface area (Å²) in [4.78, 5) is 23.0. The number of benzene rings is 1. The molecule has 102 valence electrons. The molecular formula is C11H12N2O5S. The average molecular weight is 284 g/mol. The summed E-state index contributed by atoms with van der Waals surface area (Å²) >= 11 is 0. The standard InChI is InChI=1S/C11H12N2O5S/c14-10(6-8-4-2-1-3-5-8)12-9-7-13(11(9)15)19(16,17)18/h1-5,9H,6-7H2,(H,12,14)(H,16,17,18)/t9-/m0/s1. The molecule has 1 atom stereocenters. The Hall–Kier alpha value is -1.93. The van der Waals surface area contributed by atoms with E-state index < -0.39 is 22.3 Å². The smallest absolute Gasteiger partial charge is 0.342 e. The molecule has 0 aromatic heterocycles. The van der Waals surface area contributed by atoms with Crippen LogP contribution in [0.25, 0.3) is 0 Å². The molecule has 2 rings (SSSR count). The minimum atomic E-state index is -4.51. The van der Waals surface area contributed by atoms with Crippen molar-refractivity contribution < 1.29 is 22.6 Å². The van der Waals surface area contributed by atoms with E-state index in [-0.39, 0.29) is 18.9 Å². The van der Waals surface area contributed by atoms with Gasteiger partial charge in [-0.05, 0) is 5.56 Å². The number of hydrogen-bond acceptors (Lipinski definition) is 4. The summed E-state index contributed by atoms with van der Waals surface area (Å²) in [6, 6.07) is 8.05. The van der Waals surface area contributed by atoms with Crippen LogP contribution in [0, 0.1) is 0 Å². The zero-order valence-electron chi connectivity index (χ0n) is 9.81. The Morgan fingerprint density at radius 1 is 1.37 bits per heavy atom. The van der Waals surface area contributed by atoms with Gasteiger partial charge < -0.3 is 5.32 Å². The maximum Gasteiger partial charge on any atom is 0.362 e. The van der Waals surface area contributed by atoms with Gasteiger partial charge in [-0.15, -0.1) is 0 Å². The zero-order valence-corrected chi connectivity index (χ0v) is 10.6. The van der Waals surface area contributed by atoms with Crippen molar-refractivity contribution in [2.75, 3.05) is 6.54 Å². The quantitative estimate of drug-likeness (QED) is 0.565. The fourth-order valence-electron chi connectivity index (χ4n) is 1.74. The first-order chi connectivity index (χ1) is 8.88. The second kappa shape index (κ2) is 4.98. The first-order valence-corrected chi connectivity index (χ1v) is 6.90. The molecule has 0 radical (unpaired) electrons. The first kappa shape index (κ1) is 13.5. The molecule has 2 amide bonds.